The molecule has 2 nitrogen and oxygen atoms in total. The van der Waals surface area contributed by atoms with E-state index in [0.29, 0.717) is 13.0 Å². The fraction of sp³-hybridized carbons (Fsp3) is 0.545. The summed E-state index contributed by atoms with van der Waals surface area (Å²) in [7, 11) is 0. The van der Waals surface area contributed by atoms with Gasteiger partial charge in [-0.05, 0) is 19.3 Å². The number of Topliss-reactive ketones (excluding diaryl/α,β-unsaturated/α-hetero) is 1. The van der Waals surface area contributed by atoms with Crippen molar-refractivity contribution in [2.45, 2.75) is 31.3 Å². The van der Waals surface area contributed by atoms with E-state index in [9.17, 15) is 4.79 Å². The number of ether oxygens (including phenoxy) is 1. The largest absolute Gasteiger partial charge is 0.363 e. The van der Waals surface area contributed by atoms with Crippen molar-refractivity contribution in [3.63, 3.8) is 0 Å². The molecule has 1 atom stereocenters. The Morgan fingerprint density at radius 1 is 1.54 bits per heavy atom. The maximum atomic E-state index is 11.5. The summed E-state index contributed by atoms with van der Waals surface area (Å²) >= 11 is 0. The number of carbonyl (C=O) groups is 1. The Morgan fingerprint density at radius 2 is 2.31 bits per heavy atom. The molecule has 0 heterocycles. The van der Waals surface area contributed by atoms with E-state index in [0.717, 1.165) is 19.3 Å². The molecule has 0 N–H and O–H groups in total. The van der Waals surface area contributed by atoms with Crippen LogP contribution in [0.1, 0.15) is 25.7 Å². The zero-order valence-corrected chi connectivity index (χ0v) is 7.92. The van der Waals surface area contributed by atoms with E-state index < -0.39 is 5.60 Å². The second-order valence-electron chi connectivity index (χ2n) is 3.30. The van der Waals surface area contributed by atoms with Crippen LogP contribution in [0.25, 0.3) is 0 Å². The third kappa shape index (κ3) is 2.07. The third-order valence-electron chi connectivity index (χ3n) is 2.44. The van der Waals surface area contributed by atoms with Gasteiger partial charge in [0.15, 0.2) is 5.78 Å². The third-order valence-corrected chi connectivity index (χ3v) is 2.44. The summed E-state index contributed by atoms with van der Waals surface area (Å²) in [5.74, 6) is 0.173. The van der Waals surface area contributed by atoms with Crippen molar-refractivity contribution < 1.29 is 9.53 Å². The molecule has 0 aromatic rings. The molecule has 1 rings (SSSR count). The Balaban J connectivity index is 2.53. The highest BCUT2D eigenvalue weighted by molar-refractivity contribution is 5.91. The van der Waals surface area contributed by atoms with E-state index in [4.69, 9.17) is 4.74 Å². The molecule has 0 aliphatic heterocycles. The molecule has 0 bridgehead atoms. The van der Waals surface area contributed by atoms with Crippen LogP contribution in [0.2, 0.25) is 0 Å². The van der Waals surface area contributed by atoms with Crippen LogP contribution in [-0.2, 0) is 9.53 Å². The number of hydrogen-bond donors (Lipinski definition) is 0. The van der Waals surface area contributed by atoms with E-state index in [-0.39, 0.29) is 5.78 Å². The molecule has 1 aliphatic rings. The Bertz CT molecular complexity index is 220. The fourth-order valence-corrected chi connectivity index (χ4v) is 1.61. The van der Waals surface area contributed by atoms with Crippen molar-refractivity contribution in [2.24, 2.45) is 0 Å². The summed E-state index contributed by atoms with van der Waals surface area (Å²) in [5, 5.41) is 0. The van der Waals surface area contributed by atoms with Gasteiger partial charge >= 0.3 is 0 Å². The molecule has 0 spiro atoms. The fourth-order valence-electron chi connectivity index (χ4n) is 1.61. The highest BCUT2D eigenvalue weighted by atomic mass is 16.5. The average molecular weight is 180 g/mol. The van der Waals surface area contributed by atoms with Gasteiger partial charge in [-0.25, -0.2) is 0 Å². The quantitative estimate of drug-likeness (QED) is 0.479. The number of ketones is 1. The molecule has 1 aliphatic carbocycles. The molecule has 13 heavy (non-hydrogen) atoms. The molecule has 1 fully saturated rings. The van der Waals surface area contributed by atoms with Crippen molar-refractivity contribution in [2.75, 3.05) is 6.61 Å². The molecule has 0 radical (unpaired) electrons. The van der Waals surface area contributed by atoms with Crippen LogP contribution in [0.3, 0.4) is 0 Å². The lowest BCUT2D eigenvalue weighted by Gasteiger charge is -2.23. The van der Waals surface area contributed by atoms with E-state index in [1.165, 1.54) is 0 Å². The lowest BCUT2D eigenvalue weighted by molar-refractivity contribution is -0.134. The van der Waals surface area contributed by atoms with E-state index >= 15 is 0 Å². The van der Waals surface area contributed by atoms with Crippen LogP contribution >= 0.6 is 0 Å². The standard InChI is InChI=1S/C11H16O2/c1-3-5-9-13-11(4-2)8-6-7-10(11)12/h3-4H,1-2,5-9H2. The summed E-state index contributed by atoms with van der Waals surface area (Å²) in [5.41, 5.74) is -0.678. The first-order chi connectivity index (χ1) is 6.25. The van der Waals surface area contributed by atoms with Crippen molar-refractivity contribution in [1.29, 1.82) is 0 Å². The van der Waals surface area contributed by atoms with Crippen LogP contribution in [0.5, 0.6) is 0 Å². The van der Waals surface area contributed by atoms with Crippen LogP contribution in [0, 0.1) is 0 Å². The topological polar surface area (TPSA) is 26.3 Å². The van der Waals surface area contributed by atoms with Gasteiger partial charge in [-0.3, -0.25) is 4.79 Å². The average Bonchev–Trinajstić information content (AvgIpc) is 2.49. The van der Waals surface area contributed by atoms with Crippen LogP contribution < -0.4 is 0 Å². The number of rotatable bonds is 5. The van der Waals surface area contributed by atoms with Crippen molar-refractivity contribution in [3.8, 4) is 0 Å². The van der Waals surface area contributed by atoms with Crippen molar-refractivity contribution in [1.82, 2.24) is 0 Å². The molecule has 0 amide bonds. The zero-order valence-electron chi connectivity index (χ0n) is 7.92. The second kappa shape index (κ2) is 4.38. The molecule has 0 aromatic heterocycles. The molecule has 72 valence electrons. The first-order valence-electron chi connectivity index (χ1n) is 4.67. The van der Waals surface area contributed by atoms with Gasteiger partial charge < -0.3 is 4.74 Å². The Hall–Kier alpha value is -0.890. The molecular weight excluding hydrogens is 164 g/mol. The zero-order chi connectivity index (χ0) is 9.73. The van der Waals surface area contributed by atoms with Crippen molar-refractivity contribution >= 4 is 5.78 Å². The minimum absolute atomic E-state index is 0.173. The summed E-state index contributed by atoms with van der Waals surface area (Å²) in [6.45, 7) is 7.83. The maximum absolute atomic E-state index is 11.5. The molecule has 2 heteroatoms. The number of hydrogen-bond acceptors (Lipinski definition) is 2. The van der Waals surface area contributed by atoms with E-state index in [2.05, 4.69) is 13.2 Å². The van der Waals surface area contributed by atoms with Crippen LogP contribution in [0.4, 0.5) is 0 Å². The molecular formula is C11H16O2. The van der Waals surface area contributed by atoms with Gasteiger partial charge in [0.1, 0.15) is 5.60 Å². The summed E-state index contributed by atoms with van der Waals surface area (Å²) < 4.78 is 5.55. The molecule has 1 unspecified atom stereocenters. The van der Waals surface area contributed by atoms with Gasteiger partial charge in [0, 0.05) is 6.42 Å². The first kappa shape index (κ1) is 10.2. The second-order valence-corrected chi connectivity index (χ2v) is 3.30. The monoisotopic (exact) mass is 180 g/mol. The predicted octanol–water partition coefficient (Wildman–Crippen LogP) is 2.26. The van der Waals surface area contributed by atoms with Gasteiger partial charge in [0.2, 0.25) is 0 Å². The van der Waals surface area contributed by atoms with E-state index in [1.807, 2.05) is 0 Å². The lowest BCUT2D eigenvalue weighted by Crippen LogP contribution is -2.34. The maximum Gasteiger partial charge on any atom is 0.168 e. The van der Waals surface area contributed by atoms with Gasteiger partial charge in [-0.15, -0.1) is 6.58 Å². The van der Waals surface area contributed by atoms with Crippen LogP contribution in [0.15, 0.2) is 25.3 Å². The molecule has 0 saturated heterocycles. The summed E-state index contributed by atoms with van der Waals surface area (Å²) in [6, 6.07) is 0. The minimum Gasteiger partial charge on any atom is -0.363 e. The van der Waals surface area contributed by atoms with E-state index in [1.54, 1.807) is 12.2 Å². The Kier molecular flexibility index (Phi) is 3.43. The smallest absolute Gasteiger partial charge is 0.168 e. The highest BCUT2D eigenvalue weighted by Crippen LogP contribution is 2.30. The number of carbonyl (C=O) groups excluding carboxylic acids is 1. The first-order valence-corrected chi connectivity index (χ1v) is 4.67. The van der Waals surface area contributed by atoms with Gasteiger partial charge in [-0.1, -0.05) is 18.7 Å². The Labute approximate surface area is 79.3 Å². The minimum atomic E-state index is -0.678. The van der Waals surface area contributed by atoms with Crippen LogP contribution in [-0.4, -0.2) is 18.0 Å². The highest BCUT2D eigenvalue weighted by Gasteiger charge is 2.39. The van der Waals surface area contributed by atoms with Gasteiger partial charge in [0.05, 0.1) is 6.61 Å². The molecule has 0 aromatic carbocycles. The summed E-state index contributed by atoms with van der Waals surface area (Å²) in [4.78, 5) is 11.5. The van der Waals surface area contributed by atoms with Crippen molar-refractivity contribution in [3.05, 3.63) is 25.3 Å². The normalized spacial score (nSPS) is 27.5. The molecule has 1 saturated carbocycles. The van der Waals surface area contributed by atoms with Gasteiger partial charge in [0.25, 0.3) is 0 Å². The Morgan fingerprint density at radius 3 is 2.77 bits per heavy atom. The lowest BCUT2D eigenvalue weighted by atomic mass is 10.0. The predicted molar refractivity (Wildman–Crippen MR) is 52.6 cm³/mol. The van der Waals surface area contributed by atoms with Gasteiger partial charge in [-0.2, -0.15) is 0 Å². The SMILES string of the molecule is C=CCCOC1(C=C)CCCC1=O. The summed E-state index contributed by atoms with van der Waals surface area (Å²) in [6.07, 6.45) is 6.54.